The van der Waals surface area contributed by atoms with Gasteiger partial charge in [0.1, 0.15) is 0 Å². The van der Waals surface area contributed by atoms with Crippen LogP contribution in [-0.2, 0) is 10.0 Å². The fraction of sp³-hybridized carbons (Fsp3) is 0.294. The van der Waals surface area contributed by atoms with E-state index in [9.17, 15) is 18.0 Å². The molecule has 0 unspecified atom stereocenters. The van der Waals surface area contributed by atoms with Gasteiger partial charge in [0.25, 0.3) is 5.91 Å². The van der Waals surface area contributed by atoms with E-state index in [2.05, 4.69) is 5.32 Å². The van der Waals surface area contributed by atoms with Crippen LogP contribution < -0.4 is 5.32 Å². The van der Waals surface area contributed by atoms with Gasteiger partial charge >= 0.3 is 5.97 Å². The lowest BCUT2D eigenvalue weighted by atomic mass is 10.2. The Morgan fingerprint density at radius 3 is 2.35 bits per heavy atom. The minimum absolute atomic E-state index is 0.119. The van der Waals surface area contributed by atoms with Crippen molar-refractivity contribution in [3.63, 3.8) is 0 Å². The molecule has 1 saturated heterocycles. The summed E-state index contributed by atoms with van der Waals surface area (Å²) in [5, 5.41) is 11.5. The summed E-state index contributed by atoms with van der Waals surface area (Å²) in [6.07, 6.45) is 1.70. The van der Waals surface area contributed by atoms with E-state index in [0.29, 0.717) is 28.5 Å². The molecule has 1 fully saturated rings. The minimum Gasteiger partial charge on any atom is -0.478 e. The van der Waals surface area contributed by atoms with Crippen molar-refractivity contribution in [3.05, 3.63) is 45.6 Å². The molecule has 2 N–H and O–H groups in total. The highest BCUT2D eigenvalue weighted by Crippen LogP contribution is 2.30. The van der Waals surface area contributed by atoms with Crippen molar-refractivity contribution < 1.29 is 23.1 Å². The molecule has 3 rings (SSSR count). The molecule has 0 aliphatic carbocycles. The standard InChI is InChI=1S/C17H18N2O5S2/c1-11-15(26(23,24)19-8-2-3-9-19)10-14(25-11)16(20)18-13-6-4-12(5-7-13)17(21)22/h4-7,10H,2-3,8-9H2,1H3,(H,18,20)(H,21,22). The number of nitrogens with zero attached hydrogens (tertiary/aromatic N) is 1. The monoisotopic (exact) mass is 394 g/mol. The molecule has 1 amide bonds. The zero-order valence-electron chi connectivity index (χ0n) is 14.1. The van der Waals surface area contributed by atoms with Crippen LogP contribution in [0.2, 0.25) is 0 Å². The minimum atomic E-state index is -3.57. The summed E-state index contributed by atoms with van der Waals surface area (Å²) >= 11 is 1.12. The molecule has 138 valence electrons. The van der Waals surface area contributed by atoms with Gasteiger partial charge in [-0.2, -0.15) is 4.31 Å². The Kier molecular flexibility index (Phi) is 5.12. The predicted molar refractivity (Wildman–Crippen MR) is 98.4 cm³/mol. The number of hydrogen-bond acceptors (Lipinski definition) is 5. The van der Waals surface area contributed by atoms with Crippen LogP contribution >= 0.6 is 11.3 Å². The molecule has 1 aromatic carbocycles. The molecule has 1 aliphatic heterocycles. The van der Waals surface area contributed by atoms with E-state index >= 15 is 0 Å². The molecule has 1 aromatic heterocycles. The Hall–Kier alpha value is -2.23. The summed E-state index contributed by atoms with van der Waals surface area (Å²) in [4.78, 5) is 24.3. The Morgan fingerprint density at radius 1 is 1.15 bits per heavy atom. The van der Waals surface area contributed by atoms with Crippen LogP contribution in [0.4, 0.5) is 5.69 Å². The molecule has 0 radical (unpaired) electrons. The maximum absolute atomic E-state index is 12.7. The van der Waals surface area contributed by atoms with Gasteiger partial charge in [0.2, 0.25) is 10.0 Å². The van der Waals surface area contributed by atoms with E-state index in [1.165, 1.54) is 34.6 Å². The van der Waals surface area contributed by atoms with E-state index in [1.807, 2.05) is 0 Å². The summed E-state index contributed by atoms with van der Waals surface area (Å²) in [6, 6.07) is 7.17. The average molecular weight is 394 g/mol. The Bertz CT molecular complexity index is 942. The quantitative estimate of drug-likeness (QED) is 0.812. The van der Waals surface area contributed by atoms with E-state index in [-0.39, 0.29) is 10.5 Å². The first-order chi connectivity index (χ1) is 12.3. The molecule has 0 spiro atoms. The first kappa shape index (κ1) is 18.6. The third-order valence-electron chi connectivity index (χ3n) is 4.17. The fourth-order valence-corrected chi connectivity index (χ4v) is 5.76. The zero-order valence-corrected chi connectivity index (χ0v) is 15.7. The maximum atomic E-state index is 12.7. The van der Waals surface area contributed by atoms with Crippen LogP contribution in [0.3, 0.4) is 0 Å². The lowest BCUT2D eigenvalue weighted by Crippen LogP contribution is -2.28. The third-order valence-corrected chi connectivity index (χ3v) is 7.37. The van der Waals surface area contributed by atoms with Crippen LogP contribution in [0.25, 0.3) is 0 Å². The van der Waals surface area contributed by atoms with E-state index in [4.69, 9.17) is 5.11 Å². The van der Waals surface area contributed by atoms with Gasteiger partial charge in [-0.05, 0) is 50.1 Å². The number of sulfonamides is 1. The first-order valence-corrected chi connectivity index (χ1v) is 10.3. The van der Waals surface area contributed by atoms with E-state index in [0.717, 1.165) is 24.2 Å². The largest absolute Gasteiger partial charge is 0.478 e. The number of nitrogens with one attached hydrogen (secondary N) is 1. The van der Waals surface area contributed by atoms with Crippen molar-refractivity contribution in [1.29, 1.82) is 0 Å². The number of benzene rings is 1. The number of thiophene rings is 1. The van der Waals surface area contributed by atoms with Gasteiger partial charge in [-0.3, -0.25) is 4.79 Å². The van der Waals surface area contributed by atoms with Crippen molar-refractivity contribution >= 4 is 38.9 Å². The number of anilines is 1. The van der Waals surface area contributed by atoms with Crippen molar-refractivity contribution in [1.82, 2.24) is 4.31 Å². The molecule has 2 heterocycles. The lowest BCUT2D eigenvalue weighted by molar-refractivity contribution is 0.0696. The summed E-state index contributed by atoms with van der Waals surface area (Å²) in [5.41, 5.74) is 0.559. The molecular formula is C17H18N2O5S2. The van der Waals surface area contributed by atoms with Crippen LogP contribution in [0.15, 0.2) is 35.2 Å². The number of aromatic carboxylic acids is 1. The molecule has 0 saturated carbocycles. The average Bonchev–Trinajstić information content (AvgIpc) is 3.25. The molecule has 2 aromatic rings. The van der Waals surface area contributed by atoms with Gasteiger partial charge in [0.05, 0.1) is 15.3 Å². The number of carboxylic acids is 1. The smallest absolute Gasteiger partial charge is 0.335 e. The second kappa shape index (κ2) is 7.18. The van der Waals surface area contributed by atoms with Crippen molar-refractivity contribution in [3.8, 4) is 0 Å². The topological polar surface area (TPSA) is 104 Å². The summed E-state index contributed by atoms with van der Waals surface area (Å²) in [7, 11) is -3.57. The van der Waals surface area contributed by atoms with E-state index < -0.39 is 21.9 Å². The molecule has 0 atom stereocenters. The number of amides is 1. The number of carboxylic acid groups (broad SMARTS) is 1. The number of hydrogen-bond donors (Lipinski definition) is 2. The highest BCUT2D eigenvalue weighted by atomic mass is 32.2. The van der Waals surface area contributed by atoms with Gasteiger partial charge in [-0.15, -0.1) is 11.3 Å². The SMILES string of the molecule is Cc1sc(C(=O)Nc2ccc(C(=O)O)cc2)cc1S(=O)(=O)N1CCCC1. The Balaban J connectivity index is 1.79. The van der Waals surface area contributed by atoms with Gasteiger partial charge in [-0.25, -0.2) is 13.2 Å². The molecule has 0 bridgehead atoms. The summed E-state index contributed by atoms with van der Waals surface area (Å²) in [5.74, 6) is -1.47. The number of carbonyl (C=O) groups is 2. The third kappa shape index (κ3) is 3.64. The Labute approximate surface area is 155 Å². The van der Waals surface area contributed by atoms with Gasteiger partial charge in [0.15, 0.2) is 0 Å². The lowest BCUT2D eigenvalue weighted by Gasteiger charge is -2.14. The number of aryl methyl sites for hydroxylation is 1. The molecule has 1 aliphatic rings. The normalized spacial score (nSPS) is 15.1. The second-order valence-corrected chi connectivity index (χ2v) is 9.14. The van der Waals surface area contributed by atoms with Gasteiger partial charge in [-0.1, -0.05) is 0 Å². The molecule has 26 heavy (non-hydrogen) atoms. The van der Waals surface area contributed by atoms with E-state index in [1.54, 1.807) is 6.92 Å². The van der Waals surface area contributed by atoms with Crippen LogP contribution in [0.5, 0.6) is 0 Å². The predicted octanol–water partition coefficient (Wildman–Crippen LogP) is 2.79. The van der Waals surface area contributed by atoms with Crippen molar-refractivity contribution in [2.24, 2.45) is 0 Å². The summed E-state index contributed by atoms with van der Waals surface area (Å²) in [6.45, 7) is 2.70. The van der Waals surface area contributed by atoms with Crippen LogP contribution in [0.1, 0.15) is 37.7 Å². The van der Waals surface area contributed by atoms with Crippen molar-refractivity contribution in [2.75, 3.05) is 18.4 Å². The maximum Gasteiger partial charge on any atom is 0.335 e. The molecule has 9 heteroatoms. The van der Waals surface area contributed by atoms with Gasteiger partial charge < -0.3 is 10.4 Å². The number of rotatable bonds is 5. The fourth-order valence-electron chi connectivity index (χ4n) is 2.79. The zero-order chi connectivity index (χ0) is 18.9. The van der Waals surface area contributed by atoms with Crippen molar-refractivity contribution in [2.45, 2.75) is 24.7 Å². The number of carbonyl (C=O) groups excluding carboxylic acids is 1. The molecular weight excluding hydrogens is 376 g/mol. The highest BCUT2D eigenvalue weighted by Gasteiger charge is 2.30. The van der Waals surface area contributed by atoms with Crippen LogP contribution in [0, 0.1) is 6.92 Å². The van der Waals surface area contributed by atoms with Crippen LogP contribution in [-0.4, -0.2) is 42.8 Å². The second-order valence-electron chi connectivity index (χ2n) is 5.98. The summed E-state index contributed by atoms with van der Waals surface area (Å²) < 4.78 is 26.8. The Morgan fingerprint density at radius 2 is 1.77 bits per heavy atom. The highest BCUT2D eigenvalue weighted by molar-refractivity contribution is 7.89. The van der Waals surface area contributed by atoms with Gasteiger partial charge in [0, 0.05) is 23.7 Å². The first-order valence-electron chi connectivity index (χ1n) is 8.04. The molecule has 7 nitrogen and oxygen atoms in total.